The quantitative estimate of drug-likeness (QED) is 0.427. The molecule has 0 fully saturated rings. The molecule has 2 aromatic carbocycles. The molecule has 0 aliphatic heterocycles. The van der Waals surface area contributed by atoms with E-state index in [-0.39, 0.29) is 12.0 Å². The number of hydrogen-bond acceptors (Lipinski definition) is 6. The van der Waals surface area contributed by atoms with Crippen LogP contribution in [0.2, 0.25) is 0 Å². The van der Waals surface area contributed by atoms with E-state index >= 15 is 0 Å². The summed E-state index contributed by atoms with van der Waals surface area (Å²) in [6, 6.07) is 14.9. The molecule has 29 heavy (non-hydrogen) atoms. The maximum absolute atomic E-state index is 11.9. The molecule has 2 atom stereocenters. The standard InChI is InChI=1S/C22H23NO5S/c1-2-26-12-13-27-19-5-3-4-17-18(19)10-11-20(17)28-16-8-6-15(7-9-16)21-14-22(24)23-29(21)25/h3-9,14,20H,2,10-13H2,1H3,(H,23,24). The van der Waals surface area contributed by atoms with E-state index in [1.165, 1.54) is 11.6 Å². The lowest BCUT2D eigenvalue weighted by atomic mass is 10.1. The Kier molecular flexibility index (Phi) is 5.99. The molecule has 0 saturated heterocycles. The van der Waals surface area contributed by atoms with Gasteiger partial charge < -0.3 is 23.9 Å². The summed E-state index contributed by atoms with van der Waals surface area (Å²) in [4.78, 5) is 0.495. The topological polar surface area (TPSA) is 83.9 Å². The average Bonchev–Trinajstić information content (AvgIpc) is 3.29. The predicted octanol–water partition coefficient (Wildman–Crippen LogP) is 4.66. The maximum Gasteiger partial charge on any atom is 0.270 e. The van der Waals surface area contributed by atoms with Crippen LogP contribution in [-0.4, -0.2) is 33.9 Å². The van der Waals surface area contributed by atoms with Crippen molar-refractivity contribution in [3.05, 3.63) is 59.7 Å². The van der Waals surface area contributed by atoms with Gasteiger partial charge in [-0.15, -0.1) is 0 Å². The lowest BCUT2D eigenvalue weighted by Crippen LogP contribution is -2.08. The van der Waals surface area contributed by atoms with E-state index in [2.05, 4.69) is 10.4 Å². The third kappa shape index (κ3) is 4.37. The fourth-order valence-electron chi connectivity index (χ4n) is 3.57. The van der Waals surface area contributed by atoms with Crippen LogP contribution in [0.3, 0.4) is 0 Å². The van der Waals surface area contributed by atoms with Crippen molar-refractivity contribution in [3.8, 4) is 27.8 Å². The molecule has 4 rings (SSSR count). The highest BCUT2D eigenvalue weighted by molar-refractivity contribution is 7.23. The lowest BCUT2D eigenvalue weighted by molar-refractivity contribution is 0.110. The van der Waals surface area contributed by atoms with Crippen molar-refractivity contribution in [2.45, 2.75) is 25.9 Å². The Hall–Kier alpha value is -2.61. The second-order valence-electron chi connectivity index (χ2n) is 6.75. The van der Waals surface area contributed by atoms with E-state index in [9.17, 15) is 9.66 Å². The molecular formula is C22H23NO5S. The smallest absolute Gasteiger partial charge is 0.270 e. The van der Waals surface area contributed by atoms with Crippen LogP contribution in [0, 0.1) is 0 Å². The summed E-state index contributed by atoms with van der Waals surface area (Å²) in [6.45, 7) is 3.77. The second-order valence-corrected chi connectivity index (χ2v) is 7.87. The van der Waals surface area contributed by atoms with Crippen LogP contribution in [0.25, 0.3) is 10.4 Å². The molecule has 0 spiro atoms. The number of nitrogens with zero attached hydrogens (tertiary/aromatic N) is 1. The first-order valence-electron chi connectivity index (χ1n) is 9.66. The van der Waals surface area contributed by atoms with Crippen LogP contribution >= 0.6 is 10.9 Å². The van der Waals surface area contributed by atoms with E-state index in [0.717, 1.165) is 35.5 Å². The molecule has 6 nitrogen and oxygen atoms in total. The molecule has 1 aromatic heterocycles. The number of benzene rings is 2. The van der Waals surface area contributed by atoms with Gasteiger partial charge in [0.25, 0.3) is 5.88 Å². The van der Waals surface area contributed by atoms with Crippen molar-refractivity contribution < 1.29 is 23.9 Å². The van der Waals surface area contributed by atoms with Gasteiger partial charge in [0.15, 0.2) is 0 Å². The summed E-state index contributed by atoms with van der Waals surface area (Å²) >= 11 is 0. The Morgan fingerprint density at radius 3 is 2.72 bits per heavy atom. The molecule has 0 bridgehead atoms. The van der Waals surface area contributed by atoms with Gasteiger partial charge in [-0.1, -0.05) is 12.1 Å². The molecule has 1 N–H and O–H groups in total. The van der Waals surface area contributed by atoms with Crippen molar-refractivity contribution in [3.63, 3.8) is 0 Å². The minimum atomic E-state index is -1.55. The fourth-order valence-corrected chi connectivity index (χ4v) is 4.43. The van der Waals surface area contributed by atoms with Gasteiger partial charge in [0.05, 0.1) is 23.6 Å². The van der Waals surface area contributed by atoms with Crippen molar-refractivity contribution in [1.29, 1.82) is 0 Å². The number of fused-ring (bicyclic) bond motifs is 1. The molecule has 3 aromatic rings. The lowest BCUT2D eigenvalue weighted by Gasteiger charge is -2.16. The Morgan fingerprint density at radius 1 is 1.17 bits per heavy atom. The third-order valence-corrected chi connectivity index (χ3v) is 5.99. The normalized spacial score (nSPS) is 15.9. The molecule has 152 valence electrons. The Balaban J connectivity index is 1.45. The van der Waals surface area contributed by atoms with E-state index in [0.29, 0.717) is 24.7 Å². The molecule has 1 heterocycles. The van der Waals surface area contributed by atoms with Crippen molar-refractivity contribution >= 4 is 10.9 Å². The summed E-state index contributed by atoms with van der Waals surface area (Å²) in [5.41, 5.74) is 3.10. The highest BCUT2D eigenvalue weighted by atomic mass is 32.2. The zero-order valence-corrected chi connectivity index (χ0v) is 17.0. The van der Waals surface area contributed by atoms with Gasteiger partial charge in [0.1, 0.15) is 24.2 Å². The third-order valence-electron chi connectivity index (χ3n) is 4.90. The first-order chi connectivity index (χ1) is 14.2. The molecule has 1 aliphatic carbocycles. The molecule has 0 saturated carbocycles. The van der Waals surface area contributed by atoms with Crippen LogP contribution < -0.4 is 9.47 Å². The van der Waals surface area contributed by atoms with E-state index in [4.69, 9.17) is 14.2 Å². The average molecular weight is 413 g/mol. The van der Waals surface area contributed by atoms with Crippen LogP contribution in [0.5, 0.6) is 17.4 Å². The summed E-state index contributed by atoms with van der Waals surface area (Å²) in [7, 11) is -1.55. The van der Waals surface area contributed by atoms with Crippen molar-refractivity contribution in [2.24, 2.45) is 0 Å². The van der Waals surface area contributed by atoms with Crippen LogP contribution in [0.4, 0.5) is 0 Å². The van der Waals surface area contributed by atoms with E-state index in [1.54, 1.807) is 0 Å². The van der Waals surface area contributed by atoms with Gasteiger partial charge in [0, 0.05) is 22.1 Å². The summed E-state index contributed by atoms with van der Waals surface area (Å²) in [5.74, 6) is 1.43. The predicted molar refractivity (Wildman–Crippen MR) is 110 cm³/mol. The van der Waals surface area contributed by atoms with Gasteiger partial charge in [-0.25, -0.2) is 0 Å². The highest BCUT2D eigenvalue weighted by Gasteiger charge is 2.27. The Morgan fingerprint density at radius 2 is 2.00 bits per heavy atom. The zero-order chi connectivity index (χ0) is 20.2. The number of ether oxygens (including phenoxy) is 3. The van der Waals surface area contributed by atoms with Crippen molar-refractivity contribution in [2.75, 3.05) is 19.8 Å². The molecule has 7 heteroatoms. The number of hydrogen-bond donors (Lipinski definition) is 1. The fraction of sp³-hybridized carbons (Fsp3) is 0.318. The summed E-state index contributed by atoms with van der Waals surface area (Å²) in [5, 5.41) is 9.41. The molecule has 1 aliphatic rings. The minimum absolute atomic E-state index is 0.0292. The Labute approximate surface area is 172 Å². The first-order valence-corrected chi connectivity index (χ1v) is 10.8. The number of rotatable bonds is 8. The maximum atomic E-state index is 11.9. The first kappa shape index (κ1) is 19.7. The van der Waals surface area contributed by atoms with Gasteiger partial charge in [-0.3, -0.25) is 0 Å². The van der Waals surface area contributed by atoms with Crippen LogP contribution in [0.1, 0.15) is 30.6 Å². The van der Waals surface area contributed by atoms with Gasteiger partial charge in [-0.05, 0) is 55.7 Å². The number of aromatic nitrogens is 1. The second kappa shape index (κ2) is 8.82. The van der Waals surface area contributed by atoms with E-state index < -0.39 is 10.9 Å². The molecule has 0 amide bonds. The minimum Gasteiger partial charge on any atom is -0.568 e. The van der Waals surface area contributed by atoms with Crippen LogP contribution in [-0.2, 0) is 11.2 Å². The summed E-state index contributed by atoms with van der Waals surface area (Å²) in [6.07, 6.45) is 1.77. The van der Waals surface area contributed by atoms with Gasteiger partial charge in [0.2, 0.25) is 4.88 Å². The molecular weight excluding hydrogens is 390 g/mol. The zero-order valence-electron chi connectivity index (χ0n) is 16.2. The van der Waals surface area contributed by atoms with Crippen molar-refractivity contribution in [1.82, 2.24) is 4.37 Å². The monoisotopic (exact) mass is 413 g/mol. The van der Waals surface area contributed by atoms with Gasteiger partial charge in [-0.2, -0.15) is 0 Å². The largest absolute Gasteiger partial charge is 0.568 e. The highest BCUT2D eigenvalue weighted by Crippen LogP contribution is 2.40. The van der Waals surface area contributed by atoms with E-state index in [1.807, 2.05) is 43.3 Å². The number of aromatic hydroxyl groups is 1. The van der Waals surface area contributed by atoms with Crippen LogP contribution in [0.15, 0.2) is 48.5 Å². The SMILES string of the molecule is CCOCCOc1cccc2c1CCC2Oc1ccc(-c2cc(O)n[s+]2[O-])cc1. The molecule has 0 radical (unpaired) electrons. The molecule has 2 unspecified atom stereocenters. The Bertz CT molecular complexity index is 970. The summed E-state index contributed by atoms with van der Waals surface area (Å²) < 4.78 is 32.9. The van der Waals surface area contributed by atoms with Gasteiger partial charge >= 0.3 is 0 Å².